The first-order valence-corrected chi connectivity index (χ1v) is 8.19. The molecule has 1 aliphatic heterocycles. The fraction of sp³-hybridized carbons (Fsp3) is 0.727. The van der Waals surface area contributed by atoms with E-state index in [1.54, 1.807) is 6.92 Å². The van der Waals surface area contributed by atoms with E-state index in [0.29, 0.717) is 17.7 Å². The third-order valence-electron chi connectivity index (χ3n) is 2.66. The maximum absolute atomic E-state index is 11.8. The van der Waals surface area contributed by atoms with E-state index in [1.807, 2.05) is 35.0 Å². The Morgan fingerprint density at radius 3 is 3.00 bits per heavy atom. The Morgan fingerprint density at radius 1 is 1.50 bits per heavy atom. The smallest absolute Gasteiger partial charge is 0.376 e. The topological polar surface area (TPSA) is 57.0 Å². The Morgan fingerprint density at radius 2 is 2.33 bits per heavy atom. The monoisotopic (exact) mass is 287 g/mol. The van der Waals surface area contributed by atoms with Crippen molar-refractivity contribution in [3.05, 3.63) is 11.6 Å². The quantitative estimate of drug-likeness (QED) is 0.784. The highest BCUT2D eigenvalue weighted by Crippen LogP contribution is 2.25. The van der Waals surface area contributed by atoms with E-state index < -0.39 is 0 Å². The van der Waals surface area contributed by atoms with Crippen molar-refractivity contribution in [3.63, 3.8) is 0 Å². The van der Waals surface area contributed by atoms with Gasteiger partial charge in [-0.15, -0.1) is 10.2 Å². The molecule has 1 saturated heterocycles. The first kappa shape index (κ1) is 13.7. The van der Waals surface area contributed by atoms with Crippen LogP contribution in [0.2, 0.25) is 0 Å². The summed E-state index contributed by atoms with van der Waals surface area (Å²) in [6.07, 6.45) is 0. The predicted octanol–water partition coefficient (Wildman–Crippen LogP) is 1.61. The average Bonchev–Trinajstić information content (AvgIpc) is 2.73. The fourth-order valence-electron chi connectivity index (χ4n) is 1.79. The summed E-state index contributed by atoms with van der Waals surface area (Å²) >= 11 is 3.92. The van der Waals surface area contributed by atoms with Gasteiger partial charge in [0.1, 0.15) is 5.82 Å². The lowest BCUT2D eigenvalue weighted by Gasteiger charge is -2.22. The first-order valence-electron chi connectivity index (χ1n) is 5.98. The zero-order valence-corrected chi connectivity index (χ0v) is 12.2. The Labute approximate surface area is 115 Å². The van der Waals surface area contributed by atoms with E-state index in [2.05, 4.69) is 10.2 Å². The molecule has 100 valence electrons. The van der Waals surface area contributed by atoms with Crippen molar-refractivity contribution in [2.24, 2.45) is 0 Å². The Kier molecular flexibility index (Phi) is 4.94. The van der Waals surface area contributed by atoms with Gasteiger partial charge >= 0.3 is 5.97 Å². The molecular formula is C11H17N3O2S2. The molecule has 7 heteroatoms. The molecule has 0 aromatic carbocycles. The molecule has 1 unspecified atom stereocenters. The molecular weight excluding hydrogens is 270 g/mol. The first-order chi connectivity index (χ1) is 8.72. The molecule has 0 aliphatic carbocycles. The second-order valence-electron chi connectivity index (χ2n) is 3.97. The van der Waals surface area contributed by atoms with Crippen LogP contribution in [0.25, 0.3) is 0 Å². The van der Waals surface area contributed by atoms with Gasteiger partial charge in [0.25, 0.3) is 0 Å². The van der Waals surface area contributed by atoms with Crippen molar-refractivity contribution in [1.82, 2.24) is 14.8 Å². The number of carbonyl (C=O) groups is 1. The second kappa shape index (κ2) is 6.47. The number of hydrogen-bond donors (Lipinski definition) is 0. The van der Waals surface area contributed by atoms with Gasteiger partial charge in [-0.3, -0.25) is 0 Å². The maximum Gasteiger partial charge on any atom is 0.376 e. The zero-order chi connectivity index (χ0) is 13.0. The van der Waals surface area contributed by atoms with Crippen LogP contribution < -0.4 is 0 Å². The lowest BCUT2D eigenvalue weighted by molar-refractivity contribution is 0.0505. The summed E-state index contributed by atoms with van der Waals surface area (Å²) < 4.78 is 6.87. The molecule has 0 amide bonds. The van der Waals surface area contributed by atoms with Crippen LogP contribution in [0.3, 0.4) is 0 Å². The van der Waals surface area contributed by atoms with Gasteiger partial charge in [0, 0.05) is 29.1 Å². The number of nitrogens with zero attached hydrogens (tertiary/aromatic N) is 3. The highest BCUT2D eigenvalue weighted by Gasteiger charge is 2.22. The predicted molar refractivity (Wildman–Crippen MR) is 74.3 cm³/mol. The van der Waals surface area contributed by atoms with Crippen molar-refractivity contribution >= 4 is 29.5 Å². The maximum atomic E-state index is 11.8. The van der Waals surface area contributed by atoms with E-state index in [0.717, 1.165) is 18.1 Å². The van der Waals surface area contributed by atoms with Crippen LogP contribution in [0.15, 0.2) is 0 Å². The number of rotatable bonds is 4. The number of esters is 1. The molecule has 2 heterocycles. The number of hydrogen-bond acceptors (Lipinski definition) is 6. The summed E-state index contributed by atoms with van der Waals surface area (Å²) in [6, 6.07) is 0. The minimum absolute atomic E-state index is 0.325. The van der Waals surface area contributed by atoms with Crippen LogP contribution in [-0.4, -0.2) is 49.8 Å². The molecule has 1 aliphatic rings. The molecule has 0 saturated carbocycles. The average molecular weight is 287 g/mol. The second-order valence-corrected chi connectivity index (χ2v) is 6.53. The standard InChI is InChI=1S/C11H17N3O2S2/c1-3-16-11(15)10-13-12-8(2)14(10)6-9-7-17-4-5-18-9/h9H,3-7H2,1-2H3. The van der Waals surface area contributed by atoms with Crippen molar-refractivity contribution in [2.45, 2.75) is 25.6 Å². The SMILES string of the molecule is CCOC(=O)c1nnc(C)n1CC1CSCCS1. The summed E-state index contributed by atoms with van der Waals surface area (Å²) in [6.45, 7) is 4.80. The summed E-state index contributed by atoms with van der Waals surface area (Å²) in [5.74, 6) is 4.22. The van der Waals surface area contributed by atoms with Gasteiger partial charge in [-0.25, -0.2) is 4.79 Å². The molecule has 0 radical (unpaired) electrons. The molecule has 0 N–H and O–H groups in total. The third kappa shape index (κ3) is 3.20. The summed E-state index contributed by atoms with van der Waals surface area (Å²) in [4.78, 5) is 11.8. The number of aromatic nitrogens is 3. The van der Waals surface area contributed by atoms with E-state index >= 15 is 0 Å². The van der Waals surface area contributed by atoms with Crippen LogP contribution >= 0.6 is 23.5 Å². The molecule has 0 spiro atoms. The van der Waals surface area contributed by atoms with Crippen molar-refractivity contribution < 1.29 is 9.53 Å². The summed E-state index contributed by atoms with van der Waals surface area (Å²) in [5.41, 5.74) is 0. The molecule has 2 rings (SSSR count). The molecule has 5 nitrogen and oxygen atoms in total. The fourth-order valence-corrected chi connectivity index (χ4v) is 4.44. The van der Waals surface area contributed by atoms with Gasteiger partial charge in [-0.1, -0.05) is 0 Å². The van der Waals surface area contributed by atoms with E-state index in [4.69, 9.17) is 4.74 Å². The van der Waals surface area contributed by atoms with Gasteiger partial charge in [0.05, 0.1) is 6.61 Å². The number of carbonyl (C=O) groups excluding carboxylic acids is 1. The van der Waals surface area contributed by atoms with Crippen molar-refractivity contribution in [2.75, 3.05) is 23.9 Å². The molecule has 1 fully saturated rings. The molecule has 1 aromatic rings. The largest absolute Gasteiger partial charge is 0.460 e. The Bertz CT molecular complexity index is 416. The van der Waals surface area contributed by atoms with Gasteiger partial charge in [0.2, 0.25) is 5.82 Å². The summed E-state index contributed by atoms with van der Waals surface area (Å²) in [5, 5.41) is 8.42. The van der Waals surface area contributed by atoms with Crippen LogP contribution in [0.5, 0.6) is 0 Å². The van der Waals surface area contributed by atoms with Crippen LogP contribution in [0.1, 0.15) is 23.4 Å². The van der Waals surface area contributed by atoms with Crippen molar-refractivity contribution in [1.29, 1.82) is 0 Å². The van der Waals surface area contributed by atoms with E-state index in [1.165, 1.54) is 11.5 Å². The van der Waals surface area contributed by atoms with Crippen molar-refractivity contribution in [3.8, 4) is 0 Å². The zero-order valence-electron chi connectivity index (χ0n) is 10.6. The molecule has 18 heavy (non-hydrogen) atoms. The number of thioether (sulfide) groups is 2. The highest BCUT2D eigenvalue weighted by molar-refractivity contribution is 8.06. The number of aryl methyl sites for hydroxylation is 1. The van der Waals surface area contributed by atoms with Crippen LogP contribution in [-0.2, 0) is 11.3 Å². The Balaban J connectivity index is 2.10. The van der Waals surface area contributed by atoms with E-state index in [-0.39, 0.29) is 5.97 Å². The van der Waals surface area contributed by atoms with Crippen LogP contribution in [0, 0.1) is 6.92 Å². The third-order valence-corrected chi connectivity index (χ3v) is 5.49. The van der Waals surface area contributed by atoms with Gasteiger partial charge < -0.3 is 9.30 Å². The molecule has 1 aromatic heterocycles. The summed E-state index contributed by atoms with van der Waals surface area (Å²) in [7, 11) is 0. The van der Waals surface area contributed by atoms with Gasteiger partial charge in [-0.05, 0) is 13.8 Å². The van der Waals surface area contributed by atoms with E-state index in [9.17, 15) is 4.79 Å². The minimum Gasteiger partial charge on any atom is -0.460 e. The molecule has 0 bridgehead atoms. The molecule has 1 atom stereocenters. The number of ether oxygens (including phenoxy) is 1. The minimum atomic E-state index is -0.383. The van der Waals surface area contributed by atoms with Gasteiger partial charge in [0.15, 0.2) is 0 Å². The highest BCUT2D eigenvalue weighted by atomic mass is 32.2. The van der Waals surface area contributed by atoms with Gasteiger partial charge in [-0.2, -0.15) is 23.5 Å². The normalized spacial score (nSPS) is 19.8. The lowest BCUT2D eigenvalue weighted by atomic mass is 10.4. The van der Waals surface area contributed by atoms with Crippen LogP contribution in [0.4, 0.5) is 0 Å². The Hall–Kier alpha value is -0.690. The lowest BCUT2D eigenvalue weighted by Crippen LogP contribution is -2.24.